The summed E-state index contributed by atoms with van der Waals surface area (Å²) in [5, 5.41) is 8.70. The smallest absolute Gasteiger partial charge is 0.406 e. The Morgan fingerprint density at radius 1 is 1.89 bits per heavy atom. The Kier molecular flexibility index (Phi) is 3.79. The Labute approximate surface area is 53.6 Å². The van der Waals surface area contributed by atoms with E-state index < -0.39 is 12.4 Å². The van der Waals surface area contributed by atoms with Crippen LogP contribution in [0.3, 0.4) is 0 Å². The van der Waals surface area contributed by atoms with Crippen molar-refractivity contribution in [2.45, 2.75) is 26.1 Å². The van der Waals surface area contributed by atoms with Crippen molar-refractivity contribution in [1.29, 1.82) is 0 Å². The molecule has 1 amide bonds. The van der Waals surface area contributed by atoms with Crippen LogP contribution >= 0.6 is 0 Å². The first-order chi connectivity index (χ1) is 4.16. The van der Waals surface area contributed by atoms with Crippen molar-refractivity contribution in [3.63, 3.8) is 0 Å². The largest absolute Gasteiger partial charge is 0.420 e. The van der Waals surface area contributed by atoms with Crippen molar-refractivity contribution >= 4 is 6.09 Å². The van der Waals surface area contributed by atoms with Crippen molar-refractivity contribution < 1.29 is 14.6 Å². The Balaban J connectivity index is 3.26. The zero-order valence-electron chi connectivity index (χ0n) is 5.33. The second-order valence-electron chi connectivity index (χ2n) is 1.68. The summed E-state index contributed by atoms with van der Waals surface area (Å²) >= 11 is 0. The molecule has 0 aromatic carbocycles. The van der Waals surface area contributed by atoms with E-state index in [9.17, 15) is 4.79 Å². The third-order valence-electron chi connectivity index (χ3n) is 0.788. The molecule has 0 aliphatic carbocycles. The number of aliphatic hydroxyl groups is 1. The number of aliphatic hydroxyl groups excluding tert-OH is 1. The van der Waals surface area contributed by atoms with Crippen molar-refractivity contribution in [1.82, 2.24) is 0 Å². The number of hydrogen-bond donors (Lipinski definition) is 2. The van der Waals surface area contributed by atoms with Crippen molar-refractivity contribution in [2.24, 2.45) is 5.73 Å². The maximum Gasteiger partial charge on any atom is 0.406 e. The molecule has 9 heavy (non-hydrogen) atoms. The summed E-state index contributed by atoms with van der Waals surface area (Å²) in [5.41, 5.74) is 4.60. The van der Waals surface area contributed by atoms with Gasteiger partial charge in [0.2, 0.25) is 6.29 Å². The molecular formula is C5H11NO3. The second-order valence-corrected chi connectivity index (χ2v) is 1.68. The number of nitrogens with two attached hydrogens (primary N) is 1. The lowest BCUT2D eigenvalue weighted by Gasteiger charge is -2.06. The van der Waals surface area contributed by atoms with Crippen LogP contribution in [0.4, 0.5) is 4.79 Å². The number of rotatable bonds is 3. The SMILES string of the molecule is CCCC(O)OC(N)=O. The van der Waals surface area contributed by atoms with Crippen LogP contribution in [0.15, 0.2) is 0 Å². The number of ether oxygens (including phenoxy) is 1. The number of amides is 1. The molecule has 4 heteroatoms. The first-order valence-electron chi connectivity index (χ1n) is 2.81. The highest BCUT2D eigenvalue weighted by atomic mass is 16.6. The molecule has 0 fully saturated rings. The summed E-state index contributed by atoms with van der Waals surface area (Å²) in [4.78, 5) is 9.92. The molecule has 54 valence electrons. The standard InChI is InChI=1S/C5H11NO3/c1-2-3-4(7)9-5(6)8/h4,7H,2-3H2,1H3,(H2,6,8). The van der Waals surface area contributed by atoms with E-state index in [4.69, 9.17) is 5.11 Å². The fourth-order valence-corrected chi connectivity index (χ4v) is 0.440. The number of primary amides is 1. The second kappa shape index (κ2) is 4.14. The van der Waals surface area contributed by atoms with Crippen LogP contribution in [0.25, 0.3) is 0 Å². The summed E-state index contributed by atoms with van der Waals surface area (Å²) in [6.07, 6.45) is -0.777. The molecule has 4 nitrogen and oxygen atoms in total. The van der Waals surface area contributed by atoms with Gasteiger partial charge in [-0.15, -0.1) is 0 Å². The molecule has 0 rings (SSSR count). The Hall–Kier alpha value is -0.770. The predicted octanol–water partition coefficient (Wildman–Crippen LogP) is 0.200. The molecule has 0 heterocycles. The van der Waals surface area contributed by atoms with Crippen molar-refractivity contribution in [2.75, 3.05) is 0 Å². The van der Waals surface area contributed by atoms with E-state index in [1.807, 2.05) is 6.92 Å². The number of carbonyl (C=O) groups is 1. The van der Waals surface area contributed by atoms with E-state index in [-0.39, 0.29) is 0 Å². The molecule has 0 saturated carbocycles. The predicted molar refractivity (Wildman–Crippen MR) is 31.6 cm³/mol. The van der Waals surface area contributed by atoms with Crippen LogP contribution in [-0.4, -0.2) is 17.5 Å². The minimum Gasteiger partial charge on any atom is -0.420 e. The zero-order valence-corrected chi connectivity index (χ0v) is 5.33. The number of carbonyl (C=O) groups excluding carboxylic acids is 1. The summed E-state index contributed by atoms with van der Waals surface area (Å²) in [5.74, 6) is 0. The van der Waals surface area contributed by atoms with Gasteiger partial charge in [0.05, 0.1) is 0 Å². The van der Waals surface area contributed by atoms with Crippen molar-refractivity contribution in [3.05, 3.63) is 0 Å². The lowest BCUT2D eigenvalue weighted by atomic mass is 10.3. The van der Waals surface area contributed by atoms with Gasteiger partial charge in [-0.1, -0.05) is 13.3 Å². The Morgan fingerprint density at radius 2 is 2.44 bits per heavy atom. The van der Waals surface area contributed by atoms with Gasteiger partial charge >= 0.3 is 6.09 Å². The van der Waals surface area contributed by atoms with Crippen LogP contribution in [0.2, 0.25) is 0 Å². The molecule has 0 aliphatic rings. The molecule has 0 saturated heterocycles. The summed E-state index contributed by atoms with van der Waals surface area (Å²) < 4.78 is 4.19. The molecule has 0 bridgehead atoms. The molecule has 0 radical (unpaired) electrons. The zero-order chi connectivity index (χ0) is 7.28. The van der Waals surface area contributed by atoms with E-state index in [0.29, 0.717) is 6.42 Å². The van der Waals surface area contributed by atoms with Gasteiger partial charge in [0.15, 0.2) is 0 Å². The maximum atomic E-state index is 9.92. The van der Waals surface area contributed by atoms with Gasteiger partial charge in [-0.05, 0) is 0 Å². The van der Waals surface area contributed by atoms with Crippen LogP contribution < -0.4 is 5.73 Å². The minimum absolute atomic E-state index is 0.433. The molecule has 1 atom stereocenters. The molecule has 0 aromatic heterocycles. The molecular weight excluding hydrogens is 122 g/mol. The maximum absolute atomic E-state index is 9.92. The fourth-order valence-electron chi connectivity index (χ4n) is 0.440. The average molecular weight is 133 g/mol. The van der Waals surface area contributed by atoms with E-state index in [1.54, 1.807) is 0 Å². The van der Waals surface area contributed by atoms with E-state index >= 15 is 0 Å². The first kappa shape index (κ1) is 8.23. The van der Waals surface area contributed by atoms with Crippen LogP contribution in [0, 0.1) is 0 Å². The normalized spacial score (nSPS) is 12.7. The lowest BCUT2D eigenvalue weighted by Crippen LogP contribution is -2.21. The van der Waals surface area contributed by atoms with Crippen molar-refractivity contribution in [3.8, 4) is 0 Å². The summed E-state index contributed by atoms with van der Waals surface area (Å²) in [7, 11) is 0. The monoisotopic (exact) mass is 133 g/mol. The van der Waals surface area contributed by atoms with E-state index in [2.05, 4.69) is 10.5 Å². The van der Waals surface area contributed by atoms with Gasteiger partial charge < -0.3 is 15.6 Å². The van der Waals surface area contributed by atoms with Gasteiger partial charge in [-0.25, -0.2) is 4.79 Å². The van der Waals surface area contributed by atoms with Gasteiger partial charge in [-0.3, -0.25) is 0 Å². The van der Waals surface area contributed by atoms with Crippen LogP contribution in [-0.2, 0) is 4.74 Å². The molecule has 0 aliphatic heterocycles. The molecule has 0 spiro atoms. The highest BCUT2D eigenvalue weighted by Gasteiger charge is 2.04. The molecule has 1 unspecified atom stereocenters. The highest BCUT2D eigenvalue weighted by molar-refractivity contribution is 5.64. The molecule has 3 N–H and O–H groups in total. The Bertz CT molecular complexity index is 94.2. The lowest BCUT2D eigenvalue weighted by molar-refractivity contribution is -0.0532. The number of hydrogen-bond acceptors (Lipinski definition) is 3. The van der Waals surface area contributed by atoms with Gasteiger partial charge in [0, 0.05) is 6.42 Å². The minimum atomic E-state index is -1.03. The Morgan fingerprint density at radius 3 is 2.78 bits per heavy atom. The summed E-state index contributed by atoms with van der Waals surface area (Å²) in [6.45, 7) is 1.87. The van der Waals surface area contributed by atoms with Gasteiger partial charge in [-0.2, -0.15) is 0 Å². The molecule has 0 aromatic rings. The van der Waals surface area contributed by atoms with Gasteiger partial charge in [0.1, 0.15) is 0 Å². The first-order valence-corrected chi connectivity index (χ1v) is 2.81. The third kappa shape index (κ3) is 5.10. The van der Waals surface area contributed by atoms with E-state index in [1.165, 1.54) is 0 Å². The highest BCUT2D eigenvalue weighted by Crippen LogP contribution is 1.96. The van der Waals surface area contributed by atoms with Crippen LogP contribution in [0.5, 0.6) is 0 Å². The van der Waals surface area contributed by atoms with Gasteiger partial charge in [0.25, 0.3) is 0 Å². The van der Waals surface area contributed by atoms with E-state index in [0.717, 1.165) is 6.42 Å². The topological polar surface area (TPSA) is 72.6 Å². The van der Waals surface area contributed by atoms with Crippen LogP contribution in [0.1, 0.15) is 19.8 Å². The summed E-state index contributed by atoms with van der Waals surface area (Å²) in [6, 6.07) is 0. The third-order valence-corrected chi connectivity index (χ3v) is 0.788. The quantitative estimate of drug-likeness (QED) is 0.540. The fraction of sp³-hybridized carbons (Fsp3) is 0.800. The average Bonchev–Trinajstić information content (AvgIpc) is 1.63.